The van der Waals surface area contributed by atoms with E-state index in [2.05, 4.69) is 44.0 Å². The number of anilines is 1. The minimum absolute atomic E-state index is 0.188. The van der Waals surface area contributed by atoms with Gasteiger partial charge in [-0.25, -0.2) is 0 Å². The lowest BCUT2D eigenvalue weighted by atomic mass is 9.93. The average molecular weight is 232 g/mol. The van der Waals surface area contributed by atoms with E-state index in [1.165, 1.54) is 36.2 Å². The van der Waals surface area contributed by atoms with Crippen LogP contribution in [0, 0.1) is 5.92 Å². The lowest BCUT2D eigenvalue weighted by molar-refractivity contribution is 0.509. The molecule has 1 aliphatic heterocycles. The Morgan fingerprint density at radius 3 is 2.82 bits per heavy atom. The van der Waals surface area contributed by atoms with Crippen LogP contribution < -0.4 is 10.6 Å². The molecule has 0 amide bonds. The topological polar surface area (TPSA) is 29.3 Å². The Bertz CT molecular complexity index is 385. The van der Waals surface area contributed by atoms with E-state index in [1.54, 1.807) is 0 Å². The molecular weight excluding hydrogens is 208 g/mol. The van der Waals surface area contributed by atoms with E-state index in [0.29, 0.717) is 5.92 Å². The smallest absolute Gasteiger partial charge is 0.0396 e. The summed E-state index contributed by atoms with van der Waals surface area (Å²) >= 11 is 0. The van der Waals surface area contributed by atoms with Crippen LogP contribution in [0.4, 0.5) is 5.69 Å². The van der Waals surface area contributed by atoms with Crippen LogP contribution in [0.2, 0.25) is 0 Å². The maximum Gasteiger partial charge on any atom is 0.0396 e. The van der Waals surface area contributed by atoms with Crippen LogP contribution in [0.15, 0.2) is 18.2 Å². The highest BCUT2D eigenvalue weighted by atomic mass is 15.1. The van der Waals surface area contributed by atoms with Crippen molar-refractivity contribution in [3.05, 3.63) is 29.3 Å². The number of nitrogens with zero attached hydrogens (tertiary/aromatic N) is 1. The van der Waals surface area contributed by atoms with Gasteiger partial charge in [-0.15, -0.1) is 0 Å². The zero-order valence-corrected chi connectivity index (χ0v) is 11.2. The Morgan fingerprint density at radius 1 is 1.35 bits per heavy atom. The maximum absolute atomic E-state index is 6.25. The summed E-state index contributed by atoms with van der Waals surface area (Å²) in [4.78, 5) is 2.34. The van der Waals surface area contributed by atoms with Crippen LogP contribution in [0.25, 0.3) is 0 Å². The van der Waals surface area contributed by atoms with Gasteiger partial charge in [-0.05, 0) is 42.4 Å². The van der Waals surface area contributed by atoms with Crippen molar-refractivity contribution in [3.8, 4) is 0 Å². The minimum atomic E-state index is 0.188. The molecule has 0 saturated heterocycles. The molecule has 1 aromatic rings. The number of rotatable bonds is 3. The summed E-state index contributed by atoms with van der Waals surface area (Å²) in [5.74, 6) is 0.656. The number of fused-ring (bicyclic) bond motifs is 1. The number of hydrogen-bond donors (Lipinski definition) is 1. The molecule has 0 saturated carbocycles. The third-order valence-electron chi connectivity index (χ3n) is 3.61. The van der Waals surface area contributed by atoms with Crippen LogP contribution in [0.1, 0.15) is 43.9 Å². The standard InChI is InChI=1S/C15H24N2/c1-11(2)9-14(16)12-6-7-15-13(10-12)5-4-8-17(15)3/h6-7,10-11,14H,4-5,8-9,16H2,1-3H3. The van der Waals surface area contributed by atoms with Gasteiger partial charge in [0, 0.05) is 25.3 Å². The molecule has 0 spiro atoms. The molecular formula is C15H24N2. The van der Waals surface area contributed by atoms with E-state index in [-0.39, 0.29) is 6.04 Å². The predicted molar refractivity (Wildman–Crippen MR) is 74.4 cm³/mol. The van der Waals surface area contributed by atoms with Gasteiger partial charge in [0.2, 0.25) is 0 Å². The molecule has 0 aromatic heterocycles. The van der Waals surface area contributed by atoms with Gasteiger partial charge in [0.1, 0.15) is 0 Å². The molecule has 1 aromatic carbocycles. The van der Waals surface area contributed by atoms with Gasteiger partial charge in [0.05, 0.1) is 0 Å². The minimum Gasteiger partial charge on any atom is -0.374 e. The summed E-state index contributed by atoms with van der Waals surface area (Å²) in [5, 5.41) is 0. The summed E-state index contributed by atoms with van der Waals surface area (Å²) in [6.07, 6.45) is 3.52. The van der Waals surface area contributed by atoms with Gasteiger partial charge in [-0.1, -0.05) is 26.0 Å². The molecule has 17 heavy (non-hydrogen) atoms. The van der Waals surface area contributed by atoms with Crippen LogP contribution in [0.5, 0.6) is 0 Å². The first-order chi connectivity index (χ1) is 8.08. The van der Waals surface area contributed by atoms with Gasteiger partial charge in [-0.2, -0.15) is 0 Å². The van der Waals surface area contributed by atoms with E-state index in [1.807, 2.05) is 0 Å². The Labute approximate surface area is 105 Å². The second kappa shape index (κ2) is 5.09. The Hall–Kier alpha value is -1.02. The molecule has 1 unspecified atom stereocenters. The molecule has 2 nitrogen and oxygen atoms in total. The number of nitrogens with two attached hydrogens (primary N) is 1. The number of hydrogen-bond acceptors (Lipinski definition) is 2. The highest BCUT2D eigenvalue weighted by Crippen LogP contribution is 2.29. The van der Waals surface area contributed by atoms with Crippen LogP contribution >= 0.6 is 0 Å². The summed E-state index contributed by atoms with van der Waals surface area (Å²) in [5.41, 5.74) is 10.4. The second-order valence-corrected chi connectivity index (χ2v) is 5.65. The van der Waals surface area contributed by atoms with Crippen molar-refractivity contribution in [1.29, 1.82) is 0 Å². The Kier molecular flexibility index (Phi) is 3.72. The highest BCUT2D eigenvalue weighted by Gasteiger charge is 2.16. The van der Waals surface area contributed by atoms with Gasteiger partial charge < -0.3 is 10.6 Å². The van der Waals surface area contributed by atoms with Gasteiger partial charge >= 0.3 is 0 Å². The first kappa shape index (κ1) is 12.4. The summed E-state index contributed by atoms with van der Waals surface area (Å²) in [6, 6.07) is 6.95. The lowest BCUT2D eigenvalue weighted by Crippen LogP contribution is -2.25. The SMILES string of the molecule is CC(C)CC(N)c1ccc2c(c1)CCCN2C. The number of benzene rings is 1. The van der Waals surface area contributed by atoms with Crippen molar-refractivity contribution in [2.75, 3.05) is 18.5 Å². The fourth-order valence-corrected chi connectivity index (χ4v) is 2.68. The van der Waals surface area contributed by atoms with Gasteiger partial charge in [-0.3, -0.25) is 0 Å². The van der Waals surface area contributed by atoms with E-state index < -0.39 is 0 Å². The Morgan fingerprint density at radius 2 is 2.12 bits per heavy atom. The third-order valence-corrected chi connectivity index (χ3v) is 3.61. The van der Waals surface area contributed by atoms with Crippen molar-refractivity contribution in [2.24, 2.45) is 11.7 Å². The largest absolute Gasteiger partial charge is 0.374 e. The summed E-state index contributed by atoms with van der Waals surface area (Å²) < 4.78 is 0. The molecule has 2 N–H and O–H groups in total. The molecule has 0 radical (unpaired) electrons. The fraction of sp³-hybridized carbons (Fsp3) is 0.600. The number of aryl methyl sites for hydroxylation is 1. The Balaban J connectivity index is 2.21. The zero-order chi connectivity index (χ0) is 12.4. The quantitative estimate of drug-likeness (QED) is 0.867. The lowest BCUT2D eigenvalue weighted by Gasteiger charge is -2.28. The van der Waals surface area contributed by atoms with Crippen molar-refractivity contribution in [2.45, 2.75) is 39.2 Å². The summed E-state index contributed by atoms with van der Waals surface area (Å²) in [7, 11) is 2.17. The van der Waals surface area contributed by atoms with Crippen LogP contribution in [0.3, 0.4) is 0 Å². The molecule has 94 valence electrons. The van der Waals surface area contributed by atoms with E-state index in [4.69, 9.17) is 5.73 Å². The molecule has 0 fully saturated rings. The third kappa shape index (κ3) is 2.81. The molecule has 0 aliphatic carbocycles. The van der Waals surface area contributed by atoms with E-state index >= 15 is 0 Å². The first-order valence-corrected chi connectivity index (χ1v) is 6.67. The summed E-state index contributed by atoms with van der Waals surface area (Å²) in [6.45, 7) is 5.63. The normalized spacial score (nSPS) is 17.1. The molecule has 2 heteroatoms. The van der Waals surface area contributed by atoms with E-state index in [0.717, 1.165) is 6.42 Å². The maximum atomic E-state index is 6.25. The van der Waals surface area contributed by atoms with Crippen molar-refractivity contribution in [1.82, 2.24) is 0 Å². The first-order valence-electron chi connectivity index (χ1n) is 6.67. The van der Waals surface area contributed by atoms with Crippen molar-refractivity contribution >= 4 is 5.69 Å². The van der Waals surface area contributed by atoms with E-state index in [9.17, 15) is 0 Å². The van der Waals surface area contributed by atoms with Gasteiger partial charge in [0.25, 0.3) is 0 Å². The van der Waals surface area contributed by atoms with Crippen LogP contribution in [-0.2, 0) is 6.42 Å². The van der Waals surface area contributed by atoms with Crippen LogP contribution in [-0.4, -0.2) is 13.6 Å². The predicted octanol–water partition coefficient (Wildman–Crippen LogP) is 3.11. The molecule has 0 bridgehead atoms. The molecule has 1 aliphatic rings. The fourth-order valence-electron chi connectivity index (χ4n) is 2.68. The molecule has 1 atom stereocenters. The zero-order valence-electron chi connectivity index (χ0n) is 11.2. The average Bonchev–Trinajstić information content (AvgIpc) is 2.28. The molecule has 2 rings (SSSR count). The monoisotopic (exact) mass is 232 g/mol. The van der Waals surface area contributed by atoms with Crippen molar-refractivity contribution < 1.29 is 0 Å². The van der Waals surface area contributed by atoms with Gasteiger partial charge in [0.15, 0.2) is 0 Å². The highest BCUT2D eigenvalue weighted by molar-refractivity contribution is 5.56. The molecule has 1 heterocycles. The van der Waals surface area contributed by atoms with Crippen molar-refractivity contribution in [3.63, 3.8) is 0 Å². The second-order valence-electron chi connectivity index (χ2n) is 5.65.